The molecule has 8 nitrogen and oxygen atoms in total. The van der Waals surface area contributed by atoms with Gasteiger partial charge in [-0.2, -0.15) is 5.26 Å². The summed E-state index contributed by atoms with van der Waals surface area (Å²) in [5, 5.41) is 12.7. The average Bonchev–Trinajstić information content (AvgIpc) is 3.01. The van der Waals surface area contributed by atoms with Crippen molar-refractivity contribution in [3.63, 3.8) is 0 Å². The van der Waals surface area contributed by atoms with E-state index in [9.17, 15) is 4.79 Å². The lowest BCUT2D eigenvalue weighted by Gasteiger charge is -2.37. The number of benzene rings is 1. The van der Waals surface area contributed by atoms with Gasteiger partial charge in [-0.3, -0.25) is 0 Å². The fourth-order valence-corrected chi connectivity index (χ4v) is 4.95. The predicted octanol–water partition coefficient (Wildman–Crippen LogP) is 4.94. The molecule has 1 aromatic heterocycles. The van der Waals surface area contributed by atoms with Gasteiger partial charge >= 0.3 is 6.09 Å². The summed E-state index contributed by atoms with van der Waals surface area (Å²) >= 11 is 6.29. The van der Waals surface area contributed by atoms with Crippen LogP contribution in [0.3, 0.4) is 0 Å². The fraction of sp³-hybridized carbons (Fsp3) is 0.500. The maximum Gasteiger partial charge on any atom is 0.410 e. The number of rotatable bonds is 6. The van der Waals surface area contributed by atoms with Gasteiger partial charge in [-0.1, -0.05) is 11.6 Å². The molecule has 1 amide bonds. The molecule has 2 atom stereocenters. The lowest BCUT2D eigenvalue weighted by molar-refractivity contribution is 0.0363. The number of carbonyl (C=O) groups is 1. The van der Waals surface area contributed by atoms with E-state index in [1.165, 1.54) is 6.33 Å². The second-order valence-corrected chi connectivity index (χ2v) is 9.40. The third-order valence-electron chi connectivity index (χ3n) is 6.43. The molecule has 1 aromatic carbocycles. The molecule has 2 bridgehead atoms. The normalized spacial score (nSPS) is 21.6. The fourth-order valence-electron chi connectivity index (χ4n) is 4.73. The van der Waals surface area contributed by atoms with E-state index in [-0.39, 0.29) is 12.2 Å². The molecular weight excluding hydrogens is 442 g/mol. The summed E-state index contributed by atoms with van der Waals surface area (Å²) in [5.41, 5.74) is 1.93. The molecule has 174 valence electrons. The molecule has 2 unspecified atom stereocenters. The highest BCUT2D eigenvalue weighted by atomic mass is 35.5. The molecule has 2 heterocycles. The molecule has 0 radical (unpaired) electrons. The van der Waals surface area contributed by atoms with Crippen LogP contribution in [0.25, 0.3) is 0 Å². The third kappa shape index (κ3) is 5.14. The zero-order valence-electron chi connectivity index (χ0n) is 19.0. The first-order valence-corrected chi connectivity index (χ1v) is 11.6. The minimum atomic E-state index is -0.218. The Bertz CT molecular complexity index is 1060. The van der Waals surface area contributed by atoms with Gasteiger partial charge in [0, 0.05) is 19.0 Å². The number of piperidine rings is 1. The molecule has 1 saturated heterocycles. The number of halogens is 1. The smallest absolute Gasteiger partial charge is 0.410 e. The van der Waals surface area contributed by atoms with Crippen molar-refractivity contribution in [2.24, 2.45) is 17.8 Å². The number of anilines is 2. The van der Waals surface area contributed by atoms with Crippen LogP contribution in [0.5, 0.6) is 5.88 Å². The summed E-state index contributed by atoms with van der Waals surface area (Å²) in [5.74, 6) is 2.31. The molecule has 2 fully saturated rings. The molecule has 4 rings (SSSR count). The first-order valence-electron chi connectivity index (χ1n) is 11.2. The van der Waals surface area contributed by atoms with Gasteiger partial charge in [-0.25, -0.2) is 14.8 Å². The zero-order chi connectivity index (χ0) is 23.5. The van der Waals surface area contributed by atoms with Crippen molar-refractivity contribution in [1.29, 1.82) is 5.26 Å². The molecule has 9 heteroatoms. The number of likely N-dealkylation sites (tertiary alicyclic amines) is 1. The first-order chi connectivity index (χ1) is 15.9. The number of carbonyl (C=O) groups excluding carboxylic acids is 1. The second kappa shape index (κ2) is 9.84. The van der Waals surface area contributed by atoms with Gasteiger partial charge in [0.1, 0.15) is 12.1 Å². The Labute approximate surface area is 198 Å². The van der Waals surface area contributed by atoms with Crippen molar-refractivity contribution in [3.8, 4) is 11.9 Å². The molecule has 1 N–H and O–H groups in total. The van der Waals surface area contributed by atoms with Gasteiger partial charge in [0.2, 0.25) is 5.88 Å². The quantitative estimate of drug-likeness (QED) is 0.639. The maximum absolute atomic E-state index is 12.3. The van der Waals surface area contributed by atoms with Gasteiger partial charge in [0.15, 0.2) is 0 Å². The second-order valence-electron chi connectivity index (χ2n) is 8.99. The highest BCUT2D eigenvalue weighted by Crippen LogP contribution is 2.42. The van der Waals surface area contributed by atoms with E-state index in [2.05, 4.69) is 21.4 Å². The monoisotopic (exact) mass is 469 g/mol. The summed E-state index contributed by atoms with van der Waals surface area (Å²) in [6.45, 7) is 7.61. The van der Waals surface area contributed by atoms with Crippen molar-refractivity contribution < 1.29 is 14.3 Å². The van der Waals surface area contributed by atoms with Crippen LogP contribution in [0.15, 0.2) is 24.5 Å². The van der Waals surface area contributed by atoms with Crippen molar-refractivity contribution in [2.45, 2.75) is 39.7 Å². The number of ether oxygens (including phenoxy) is 2. The summed E-state index contributed by atoms with van der Waals surface area (Å²) in [6, 6.07) is 7.12. The molecular formula is C24H28ClN5O3. The Hall–Kier alpha value is -3.05. The topological polar surface area (TPSA) is 100 Å². The summed E-state index contributed by atoms with van der Waals surface area (Å²) < 4.78 is 11.5. The largest absolute Gasteiger partial charge is 0.477 e. The van der Waals surface area contributed by atoms with Crippen LogP contribution in [0, 0.1) is 36.0 Å². The van der Waals surface area contributed by atoms with E-state index in [1.807, 2.05) is 25.7 Å². The lowest BCUT2D eigenvalue weighted by Crippen LogP contribution is -2.47. The zero-order valence-corrected chi connectivity index (χ0v) is 19.8. The molecule has 2 aromatic rings. The number of aromatic nitrogens is 2. The Morgan fingerprint density at radius 2 is 2.03 bits per heavy atom. The summed E-state index contributed by atoms with van der Waals surface area (Å²) in [6.07, 6.45) is 3.32. The number of nitrogens with one attached hydrogen (secondary N) is 1. The van der Waals surface area contributed by atoms with Gasteiger partial charge in [-0.15, -0.1) is 0 Å². The SMILES string of the molecule is Cc1c(Nc2ccc(C#N)cc2Cl)ncnc1OCC1C2CCC1CN(C(=O)OC(C)C)C2. The molecule has 1 aliphatic carbocycles. The lowest BCUT2D eigenvalue weighted by atomic mass is 9.86. The predicted molar refractivity (Wildman–Crippen MR) is 125 cm³/mol. The minimum absolute atomic E-state index is 0.112. The van der Waals surface area contributed by atoms with Crippen molar-refractivity contribution in [2.75, 3.05) is 25.0 Å². The number of amides is 1. The van der Waals surface area contributed by atoms with E-state index in [0.29, 0.717) is 65.4 Å². The number of hydrogen-bond donors (Lipinski definition) is 1. The van der Waals surface area contributed by atoms with Crippen molar-refractivity contribution in [1.82, 2.24) is 14.9 Å². The first kappa shape index (κ1) is 23.1. The van der Waals surface area contributed by atoms with Crippen LogP contribution in [0.4, 0.5) is 16.3 Å². The Morgan fingerprint density at radius 3 is 2.67 bits per heavy atom. The van der Waals surface area contributed by atoms with Crippen molar-refractivity contribution in [3.05, 3.63) is 40.7 Å². The molecule has 0 spiro atoms. The number of fused-ring (bicyclic) bond motifs is 2. The van der Waals surface area contributed by atoms with E-state index < -0.39 is 0 Å². The van der Waals surface area contributed by atoms with Crippen LogP contribution >= 0.6 is 11.6 Å². The van der Waals surface area contributed by atoms with Crippen LogP contribution in [0.2, 0.25) is 5.02 Å². The Morgan fingerprint density at radius 1 is 1.30 bits per heavy atom. The Kier molecular flexibility index (Phi) is 6.89. The molecule has 1 aliphatic heterocycles. The van der Waals surface area contributed by atoms with Gasteiger partial charge in [0.05, 0.1) is 40.6 Å². The maximum atomic E-state index is 12.3. The van der Waals surface area contributed by atoms with Gasteiger partial charge in [0.25, 0.3) is 0 Å². The van der Waals surface area contributed by atoms with E-state index >= 15 is 0 Å². The van der Waals surface area contributed by atoms with Crippen LogP contribution in [0.1, 0.15) is 37.8 Å². The third-order valence-corrected chi connectivity index (χ3v) is 6.74. The minimum Gasteiger partial charge on any atom is -0.477 e. The standard InChI is InChI=1S/C24H28ClN5O3/c1-14(2)33-24(31)30-10-17-5-6-18(11-30)19(17)12-32-23-15(3)22(27-13-28-23)29-21-7-4-16(9-26)8-20(21)25/h4,7-8,13-14,17-19H,5-6,10-12H2,1-3H3,(H,27,28,29). The molecule has 33 heavy (non-hydrogen) atoms. The number of hydrogen-bond acceptors (Lipinski definition) is 7. The van der Waals surface area contributed by atoms with Gasteiger partial charge < -0.3 is 19.7 Å². The Balaban J connectivity index is 1.40. The van der Waals surface area contributed by atoms with Crippen LogP contribution in [-0.4, -0.2) is 46.8 Å². The summed E-state index contributed by atoms with van der Waals surface area (Å²) in [7, 11) is 0. The summed E-state index contributed by atoms with van der Waals surface area (Å²) in [4.78, 5) is 22.8. The van der Waals surface area contributed by atoms with Crippen LogP contribution < -0.4 is 10.1 Å². The number of nitrogens with zero attached hydrogens (tertiary/aromatic N) is 4. The van der Waals surface area contributed by atoms with Gasteiger partial charge in [-0.05, 0) is 63.6 Å². The van der Waals surface area contributed by atoms with E-state index in [4.69, 9.17) is 26.3 Å². The number of nitriles is 1. The van der Waals surface area contributed by atoms with E-state index in [1.54, 1.807) is 18.2 Å². The highest BCUT2D eigenvalue weighted by Gasteiger charge is 2.44. The highest BCUT2D eigenvalue weighted by molar-refractivity contribution is 6.33. The molecule has 1 saturated carbocycles. The van der Waals surface area contributed by atoms with Crippen LogP contribution in [-0.2, 0) is 4.74 Å². The van der Waals surface area contributed by atoms with Crippen molar-refractivity contribution >= 4 is 29.2 Å². The molecule has 2 aliphatic rings. The average molecular weight is 470 g/mol. The van der Waals surface area contributed by atoms with E-state index in [0.717, 1.165) is 18.4 Å².